The topological polar surface area (TPSA) is 153 Å². The standard InChI is InChI=1S/C62H60O14/c1-66-61-57(76-60(65)49-35-21-8-22-36-49)55(75-59(64)48-33-19-7-20-34-48)53(74-58(63)47-31-17-6-18-32-47)51(72-61)42-71-62-56(70-40-46-29-15-5-16-30-46)54(69-39-45-27-13-4-14-28-45)52(68-38-44-25-11-3-12-26-44)50(73-62)41-67-37-43-23-9-2-10-24-43/h2-36,50-57,61-62H,37-42H2,1H3/t50?,51?,52-,53-,54?,55?,56?,57?,61+,62+/m1/s1. The van der Waals surface area contributed by atoms with Crippen LogP contribution in [0.3, 0.4) is 0 Å². The summed E-state index contributed by atoms with van der Waals surface area (Å²) in [5.74, 6) is -2.32. The van der Waals surface area contributed by atoms with Gasteiger partial charge in [0.25, 0.3) is 0 Å². The van der Waals surface area contributed by atoms with Gasteiger partial charge < -0.3 is 52.1 Å². The van der Waals surface area contributed by atoms with E-state index >= 15 is 0 Å². The molecule has 2 fully saturated rings. The highest BCUT2D eigenvalue weighted by atomic mass is 16.8. The van der Waals surface area contributed by atoms with Crippen LogP contribution >= 0.6 is 0 Å². The van der Waals surface area contributed by atoms with Crippen LogP contribution in [0, 0.1) is 0 Å². The molecule has 7 aromatic carbocycles. The van der Waals surface area contributed by atoms with Crippen molar-refractivity contribution in [3.63, 3.8) is 0 Å². The Kier molecular flexibility index (Phi) is 19.3. The third-order valence-corrected chi connectivity index (χ3v) is 12.8. The van der Waals surface area contributed by atoms with Crippen molar-refractivity contribution in [1.82, 2.24) is 0 Å². The lowest BCUT2D eigenvalue weighted by Crippen LogP contribution is -2.64. The minimum Gasteiger partial charge on any atom is -0.452 e. The third kappa shape index (κ3) is 14.5. The number of carbonyl (C=O) groups excluding carboxylic acids is 3. The summed E-state index contributed by atoms with van der Waals surface area (Å²) in [5.41, 5.74) is 4.28. The highest BCUT2D eigenvalue weighted by molar-refractivity contribution is 5.91. The molecule has 2 saturated heterocycles. The molecular weight excluding hydrogens is 969 g/mol. The van der Waals surface area contributed by atoms with Crippen molar-refractivity contribution in [2.45, 2.75) is 87.8 Å². The maximum absolute atomic E-state index is 14.2. The van der Waals surface area contributed by atoms with Gasteiger partial charge in [-0.25, -0.2) is 14.4 Å². The van der Waals surface area contributed by atoms with E-state index in [0.29, 0.717) is 0 Å². The van der Waals surface area contributed by atoms with Crippen molar-refractivity contribution < 1.29 is 66.5 Å². The van der Waals surface area contributed by atoms with Crippen LogP contribution in [0.15, 0.2) is 212 Å². The van der Waals surface area contributed by atoms with E-state index < -0.39 is 79.3 Å². The molecule has 7 aromatic rings. The molecule has 6 unspecified atom stereocenters. The van der Waals surface area contributed by atoms with E-state index in [1.807, 2.05) is 121 Å². The zero-order chi connectivity index (χ0) is 52.3. The van der Waals surface area contributed by atoms with Gasteiger partial charge in [-0.15, -0.1) is 0 Å². The third-order valence-electron chi connectivity index (χ3n) is 12.8. The number of hydrogen-bond donors (Lipinski definition) is 0. The number of rotatable bonds is 23. The van der Waals surface area contributed by atoms with Gasteiger partial charge in [0, 0.05) is 7.11 Å². The molecule has 10 atom stereocenters. The van der Waals surface area contributed by atoms with Gasteiger partial charge in [0.2, 0.25) is 0 Å². The summed E-state index contributed by atoms with van der Waals surface area (Å²) in [6, 6.07) is 63.9. The van der Waals surface area contributed by atoms with Crippen molar-refractivity contribution >= 4 is 17.9 Å². The SMILES string of the molecule is CO[C@H]1OC(CO[C@H]2OC(COCc3ccccc3)[C@@H](OCc3ccccc3)C(OCc3ccccc3)C2OCc2ccccc2)[C@@H](OC(=O)c2ccccc2)C(OC(=O)c2ccccc2)C1OC(=O)c1ccccc1. The highest BCUT2D eigenvalue weighted by Gasteiger charge is 2.55. The first-order chi connectivity index (χ1) is 37.4. The second-order valence-electron chi connectivity index (χ2n) is 18.1. The van der Waals surface area contributed by atoms with Crippen molar-refractivity contribution in [3.05, 3.63) is 251 Å². The summed E-state index contributed by atoms with van der Waals surface area (Å²) in [4.78, 5) is 42.3. The van der Waals surface area contributed by atoms with Gasteiger partial charge in [0.15, 0.2) is 30.9 Å². The summed E-state index contributed by atoms with van der Waals surface area (Å²) >= 11 is 0. The van der Waals surface area contributed by atoms with E-state index in [1.165, 1.54) is 7.11 Å². The van der Waals surface area contributed by atoms with Gasteiger partial charge >= 0.3 is 17.9 Å². The Balaban J connectivity index is 1.08. The van der Waals surface area contributed by atoms with E-state index in [2.05, 4.69) is 0 Å². The zero-order valence-electron chi connectivity index (χ0n) is 41.9. The van der Waals surface area contributed by atoms with Crippen LogP contribution in [0.2, 0.25) is 0 Å². The van der Waals surface area contributed by atoms with Gasteiger partial charge in [-0.2, -0.15) is 0 Å². The Hall–Kier alpha value is -7.37. The van der Waals surface area contributed by atoms with Crippen LogP contribution in [0.5, 0.6) is 0 Å². The maximum Gasteiger partial charge on any atom is 0.338 e. The molecule has 0 radical (unpaired) electrons. The van der Waals surface area contributed by atoms with E-state index in [-0.39, 0.29) is 56.3 Å². The molecule has 9 rings (SSSR count). The Labute approximate surface area is 442 Å². The number of methoxy groups -OCH3 is 1. The minimum atomic E-state index is -1.52. The van der Waals surface area contributed by atoms with Crippen molar-refractivity contribution in [2.75, 3.05) is 20.3 Å². The monoisotopic (exact) mass is 1030 g/mol. The van der Waals surface area contributed by atoms with Crippen LogP contribution in [0.1, 0.15) is 53.3 Å². The lowest BCUT2D eigenvalue weighted by Gasteiger charge is -2.47. The summed E-state index contributed by atoms with van der Waals surface area (Å²) in [6.07, 6.45) is -11.7. The van der Waals surface area contributed by atoms with E-state index in [9.17, 15) is 14.4 Å². The molecule has 0 aliphatic carbocycles. The molecule has 2 heterocycles. The average Bonchev–Trinajstić information content (AvgIpc) is 3.48. The molecule has 0 aromatic heterocycles. The van der Waals surface area contributed by atoms with Gasteiger partial charge in [0.1, 0.15) is 30.5 Å². The molecule has 14 nitrogen and oxygen atoms in total. The van der Waals surface area contributed by atoms with Crippen LogP contribution in [-0.2, 0) is 78.5 Å². The summed E-state index contributed by atoms with van der Waals surface area (Å²) in [7, 11) is 1.36. The molecule has 14 heteroatoms. The lowest BCUT2D eigenvalue weighted by molar-refractivity contribution is -0.343. The number of benzene rings is 7. The van der Waals surface area contributed by atoms with Crippen LogP contribution in [0.4, 0.5) is 0 Å². The Bertz CT molecular complexity index is 2830. The van der Waals surface area contributed by atoms with Gasteiger partial charge in [-0.3, -0.25) is 0 Å². The van der Waals surface area contributed by atoms with Crippen molar-refractivity contribution in [3.8, 4) is 0 Å². The number of esters is 3. The highest BCUT2D eigenvalue weighted by Crippen LogP contribution is 2.35. The molecular formula is C62H60O14. The smallest absolute Gasteiger partial charge is 0.338 e. The largest absolute Gasteiger partial charge is 0.452 e. The van der Waals surface area contributed by atoms with Gasteiger partial charge in [-0.05, 0) is 58.7 Å². The normalized spacial score (nSPS) is 23.2. The second-order valence-corrected chi connectivity index (χ2v) is 18.1. The van der Waals surface area contributed by atoms with Crippen LogP contribution in [-0.4, -0.2) is 99.6 Å². The maximum atomic E-state index is 14.2. The minimum absolute atomic E-state index is 0.0553. The second kappa shape index (κ2) is 27.4. The first kappa shape index (κ1) is 53.5. The fourth-order valence-electron chi connectivity index (χ4n) is 8.97. The fourth-order valence-corrected chi connectivity index (χ4v) is 8.97. The predicted molar refractivity (Wildman–Crippen MR) is 278 cm³/mol. The van der Waals surface area contributed by atoms with Crippen molar-refractivity contribution in [2.24, 2.45) is 0 Å². The number of hydrogen-bond acceptors (Lipinski definition) is 14. The number of ether oxygens (including phenoxy) is 11. The predicted octanol–water partition coefficient (Wildman–Crippen LogP) is 9.75. The fraction of sp³-hybridized carbons (Fsp3) is 0.274. The summed E-state index contributed by atoms with van der Waals surface area (Å²) < 4.78 is 72.2. The Morgan fingerprint density at radius 2 is 0.684 bits per heavy atom. The van der Waals surface area contributed by atoms with Gasteiger partial charge in [-0.1, -0.05) is 176 Å². The molecule has 0 saturated carbocycles. The Morgan fingerprint density at radius 1 is 0.342 bits per heavy atom. The van der Waals surface area contributed by atoms with Crippen molar-refractivity contribution in [1.29, 1.82) is 0 Å². The summed E-state index contributed by atoms with van der Waals surface area (Å²) in [6.45, 7) is 0.495. The molecule has 392 valence electrons. The first-order valence-electron chi connectivity index (χ1n) is 25.2. The molecule has 0 bridgehead atoms. The molecule has 2 aliphatic rings. The first-order valence-corrected chi connectivity index (χ1v) is 25.2. The van der Waals surface area contributed by atoms with E-state index in [4.69, 9.17) is 52.1 Å². The van der Waals surface area contributed by atoms with Crippen LogP contribution < -0.4 is 0 Å². The zero-order valence-corrected chi connectivity index (χ0v) is 41.9. The molecule has 0 spiro atoms. The Morgan fingerprint density at radius 3 is 1.12 bits per heavy atom. The quantitative estimate of drug-likeness (QED) is 0.0441. The molecule has 0 amide bonds. The molecule has 0 N–H and O–H groups in total. The van der Waals surface area contributed by atoms with Crippen LogP contribution in [0.25, 0.3) is 0 Å². The molecule has 76 heavy (non-hydrogen) atoms. The van der Waals surface area contributed by atoms with E-state index in [1.54, 1.807) is 91.0 Å². The average molecular weight is 1030 g/mol. The molecule has 2 aliphatic heterocycles. The van der Waals surface area contributed by atoms with E-state index in [0.717, 1.165) is 22.3 Å². The number of carbonyl (C=O) groups is 3. The van der Waals surface area contributed by atoms with Gasteiger partial charge in [0.05, 0.1) is 56.3 Å². The lowest BCUT2D eigenvalue weighted by atomic mass is 9.96. The summed E-state index contributed by atoms with van der Waals surface area (Å²) in [5, 5.41) is 0.